The summed E-state index contributed by atoms with van der Waals surface area (Å²) in [6.45, 7) is 1.47. The van der Waals surface area contributed by atoms with Crippen molar-refractivity contribution in [3.05, 3.63) is 40.1 Å². The maximum absolute atomic E-state index is 13.0. The van der Waals surface area contributed by atoms with Crippen LogP contribution in [0.2, 0.25) is 0 Å². The summed E-state index contributed by atoms with van der Waals surface area (Å²) in [5, 5.41) is 5.14. The predicted molar refractivity (Wildman–Crippen MR) is 112 cm³/mol. The van der Waals surface area contributed by atoms with E-state index in [2.05, 4.69) is 15.1 Å². The number of aromatic amines is 1. The minimum atomic E-state index is -4.81. The van der Waals surface area contributed by atoms with Crippen LogP contribution in [0.3, 0.4) is 0 Å². The van der Waals surface area contributed by atoms with Crippen molar-refractivity contribution >= 4 is 23.6 Å². The van der Waals surface area contributed by atoms with Gasteiger partial charge in [-0.05, 0) is 0 Å². The van der Waals surface area contributed by atoms with Gasteiger partial charge in [0.1, 0.15) is 5.56 Å². The number of piperazine rings is 1. The van der Waals surface area contributed by atoms with Crippen LogP contribution >= 0.6 is 11.8 Å². The number of hydrogen-bond donors (Lipinski definition) is 1. The Morgan fingerprint density at radius 3 is 2.26 bits per heavy atom. The number of alkyl halides is 6. The average molecular weight is 526 g/mol. The van der Waals surface area contributed by atoms with Gasteiger partial charge in [-0.3, -0.25) is 9.59 Å². The molecule has 1 aliphatic rings. The fourth-order valence-electron chi connectivity index (χ4n) is 3.18. The van der Waals surface area contributed by atoms with E-state index in [0.29, 0.717) is 38.6 Å². The summed E-state index contributed by atoms with van der Waals surface area (Å²) in [6.07, 6.45) is -6.92. The van der Waals surface area contributed by atoms with Crippen LogP contribution < -0.4 is 10.5 Å². The van der Waals surface area contributed by atoms with E-state index in [9.17, 15) is 35.9 Å². The summed E-state index contributed by atoms with van der Waals surface area (Å²) >= 11 is 0.773. The molecule has 1 saturated heterocycles. The lowest BCUT2D eigenvalue weighted by Gasteiger charge is -2.34. The second kappa shape index (κ2) is 11.2. The Kier molecular flexibility index (Phi) is 8.58. The number of amides is 1. The second-order valence-electron chi connectivity index (χ2n) is 7.28. The average Bonchev–Trinajstić information content (AvgIpc) is 2.80. The molecule has 0 spiro atoms. The number of halogens is 6. The van der Waals surface area contributed by atoms with E-state index in [1.165, 1.54) is 0 Å². The lowest BCUT2D eigenvalue weighted by molar-refractivity contribution is -0.141. The van der Waals surface area contributed by atoms with E-state index in [1.54, 1.807) is 14.9 Å². The van der Waals surface area contributed by atoms with Crippen molar-refractivity contribution in [2.75, 3.05) is 50.0 Å². The van der Waals surface area contributed by atoms with Gasteiger partial charge in [0.2, 0.25) is 11.9 Å². The molecule has 3 rings (SSSR count). The summed E-state index contributed by atoms with van der Waals surface area (Å²) in [7, 11) is 0. The number of hydrogen-bond acceptors (Lipinski definition) is 8. The van der Waals surface area contributed by atoms with Crippen molar-refractivity contribution in [2.45, 2.75) is 23.7 Å². The second-order valence-corrected chi connectivity index (χ2v) is 8.42. The SMILES string of the molecule is O=C(CCOCCSc1cn[nH]c(=O)c1C(F)(F)F)N1CCN(c2ncc(C(F)(F)F)cn2)CC1. The highest BCUT2D eigenvalue weighted by Gasteiger charge is 2.37. The molecule has 192 valence electrons. The number of aromatic nitrogens is 4. The zero-order chi connectivity index (χ0) is 25.6. The standard InChI is InChI=1S/C19H20F6N6O3S/c20-18(21,22)12-9-26-17(27-10-12)31-4-2-30(3-5-31)14(32)1-6-34-7-8-35-13-11-28-29-16(33)15(13)19(23,24)25/h9-11H,1-8H2,(H,29,33). The number of thioether (sulfide) groups is 1. The van der Waals surface area contributed by atoms with E-state index >= 15 is 0 Å². The number of H-pyrrole nitrogens is 1. The van der Waals surface area contributed by atoms with E-state index in [-0.39, 0.29) is 42.1 Å². The molecule has 2 aromatic heterocycles. The van der Waals surface area contributed by atoms with Crippen molar-refractivity contribution in [1.29, 1.82) is 0 Å². The third-order valence-electron chi connectivity index (χ3n) is 4.93. The molecular weight excluding hydrogens is 506 g/mol. The molecule has 0 aliphatic carbocycles. The molecule has 1 amide bonds. The van der Waals surface area contributed by atoms with Crippen molar-refractivity contribution in [2.24, 2.45) is 0 Å². The molecule has 0 radical (unpaired) electrons. The van der Waals surface area contributed by atoms with Crippen LogP contribution in [0.15, 0.2) is 28.3 Å². The number of nitrogens with zero attached hydrogens (tertiary/aromatic N) is 5. The molecule has 0 aromatic carbocycles. The normalized spacial score (nSPS) is 14.9. The smallest absolute Gasteiger partial charge is 0.380 e. The Hall–Kier alpha value is -2.88. The highest BCUT2D eigenvalue weighted by molar-refractivity contribution is 7.99. The van der Waals surface area contributed by atoms with Crippen LogP contribution in [-0.2, 0) is 21.9 Å². The zero-order valence-electron chi connectivity index (χ0n) is 18.0. The van der Waals surface area contributed by atoms with Crippen LogP contribution in [0, 0.1) is 0 Å². The molecule has 0 unspecified atom stereocenters. The summed E-state index contributed by atoms with van der Waals surface area (Å²) in [4.78, 5) is 34.2. The summed E-state index contributed by atoms with van der Waals surface area (Å²) < 4.78 is 82.2. The summed E-state index contributed by atoms with van der Waals surface area (Å²) in [5.74, 6) is 0.0767. The van der Waals surface area contributed by atoms with E-state index in [1.807, 2.05) is 0 Å². The topological polar surface area (TPSA) is 104 Å². The first-order valence-electron chi connectivity index (χ1n) is 10.2. The van der Waals surface area contributed by atoms with Crippen molar-refractivity contribution in [1.82, 2.24) is 25.1 Å². The zero-order valence-corrected chi connectivity index (χ0v) is 18.8. The van der Waals surface area contributed by atoms with E-state index in [4.69, 9.17) is 4.74 Å². The number of carbonyl (C=O) groups excluding carboxylic acids is 1. The van der Waals surface area contributed by atoms with Gasteiger partial charge in [-0.2, -0.15) is 31.4 Å². The lowest BCUT2D eigenvalue weighted by atomic mass is 10.3. The maximum atomic E-state index is 13.0. The lowest BCUT2D eigenvalue weighted by Crippen LogP contribution is -2.49. The molecule has 1 N–H and O–H groups in total. The fourth-order valence-corrected chi connectivity index (χ4v) is 4.08. The molecule has 2 aromatic rings. The van der Waals surface area contributed by atoms with Gasteiger partial charge in [0.05, 0.1) is 31.4 Å². The van der Waals surface area contributed by atoms with Crippen LogP contribution in [0.5, 0.6) is 0 Å². The molecule has 1 fully saturated rings. The van der Waals surface area contributed by atoms with Crippen LogP contribution in [0.1, 0.15) is 17.5 Å². The summed E-state index contributed by atoms with van der Waals surface area (Å²) in [6, 6.07) is 0. The molecule has 0 atom stereocenters. The molecule has 3 heterocycles. The summed E-state index contributed by atoms with van der Waals surface area (Å²) in [5.41, 5.74) is -3.57. The van der Waals surface area contributed by atoms with Gasteiger partial charge < -0.3 is 14.5 Å². The number of rotatable bonds is 8. The van der Waals surface area contributed by atoms with Gasteiger partial charge >= 0.3 is 12.4 Å². The minimum Gasteiger partial charge on any atom is -0.380 e. The number of anilines is 1. The predicted octanol–water partition coefficient (Wildman–Crippen LogP) is 2.45. The molecule has 0 saturated carbocycles. The van der Waals surface area contributed by atoms with Gasteiger partial charge in [-0.25, -0.2) is 15.1 Å². The van der Waals surface area contributed by atoms with Gasteiger partial charge in [-0.1, -0.05) is 0 Å². The van der Waals surface area contributed by atoms with Crippen LogP contribution in [-0.4, -0.2) is 76.1 Å². The maximum Gasteiger partial charge on any atom is 0.422 e. The van der Waals surface area contributed by atoms with Crippen molar-refractivity contribution in [3.63, 3.8) is 0 Å². The number of carbonyl (C=O) groups is 1. The first kappa shape index (κ1) is 26.7. The van der Waals surface area contributed by atoms with Crippen molar-refractivity contribution in [3.8, 4) is 0 Å². The fraction of sp³-hybridized carbons (Fsp3) is 0.526. The largest absolute Gasteiger partial charge is 0.422 e. The highest BCUT2D eigenvalue weighted by Crippen LogP contribution is 2.33. The number of ether oxygens (including phenoxy) is 1. The highest BCUT2D eigenvalue weighted by atomic mass is 32.2. The van der Waals surface area contributed by atoms with Gasteiger partial charge in [0.15, 0.2) is 0 Å². The molecule has 35 heavy (non-hydrogen) atoms. The van der Waals surface area contributed by atoms with Crippen molar-refractivity contribution < 1.29 is 35.9 Å². The molecule has 16 heteroatoms. The van der Waals surface area contributed by atoms with E-state index in [0.717, 1.165) is 18.0 Å². The monoisotopic (exact) mass is 526 g/mol. The minimum absolute atomic E-state index is 0.0566. The molecule has 9 nitrogen and oxygen atoms in total. The Bertz CT molecular complexity index is 1050. The Morgan fingerprint density at radius 1 is 1.00 bits per heavy atom. The van der Waals surface area contributed by atoms with Crippen LogP contribution in [0.4, 0.5) is 32.3 Å². The first-order valence-corrected chi connectivity index (χ1v) is 11.2. The molecule has 0 bridgehead atoms. The first-order chi connectivity index (χ1) is 16.5. The molecule has 1 aliphatic heterocycles. The van der Waals surface area contributed by atoms with Crippen LogP contribution in [0.25, 0.3) is 0 Å². The third-order valence-corrected chi connectivity index (χ3v) is 5.92. The quantitative estimate of drug-likeness (QED) is 0.318. The Balaban J connectivity index is 1.36. The number of nitrogens with one attached hydrogen (secondary N) is 1. The van der Waals surface area contributed by atoms with Gasteiger partial charge in [-0.15, -0.1) is 11.8 Å². The van der Waals surface area contributed by atoms with E-state index < -0.39 is 29.0 Å². The van der Waals surface area contributed by atoms with Gasteiger partial charge in [0, 0.05) is 49.2 Å². The Labute approximate surface area is 198 Å². The van der Waals surface area contributed by atoms with Gasteiger partial charge in [0.25, 0.3) is 5.56 Å². The Morgan fingerprint density at radius 2 is 1.66 bits per heavy atom. The third kappa shape index (κ3) is 7.30. The molecular formula is C19H20F6N6O3S.